The molecule has 1 aromatic rings. The van der Waals surface area contributed by atoms with Crippen LogP contribution in [0.15, 0.2) is 24.3 Å². The summed E-state index contributed by atoms with van der Waals surface area (Å²) in [7, 11) is 0. The lowest BCUT2D eigenvalue weighted by Crippen LogP contribution is -2.33. The summed E-state index contributed by atoms with van der Waals surface area (Å²) in [5.41, 5.74) is 8.11. The van der Waals surface area contributed by atoms with Crippen LogP contribution in [0.4, 0.5) is 0 Å². The molecule has 0 spiro atoms. The molecule has 0 fully saturated rings. The average molecular weight is 234 g/mol. The molecule has 1 aromatic carbocycles. The first-order chi connectivity index (χ1) is 8.04. The molecule has 3 nitrogen and oxygen atoms in total. The molecule has 0 aliphatic rings. The first-order valence-corrected chi connectivity index (χ1v) is 6.15. The van der Waals surface area contributed by atoms with Gasteiger partial charge in [-0.3, -0.25) is 4.79 Å². The number of nitrogens with two attached hydrogens (primary N) is 1. The Bertz CT molecular complexity index is 376. The fraction of sp³-hybridized carbons (Fsp3) is 0.500. The Morgan fingerprint density at radius 3 is 2.65 bits per heavy atom. The molecule has 0 saturated carbocycles. The van der Waals surface area contributed by atoms with E-state index in [0.29, 0.717) is 6.42 Å². The van der Waals surface area contributed by atoms with Gasteiger partial charge in [-0.05, 0) is 31.4 Å². The van der Waals surface area contributed by atoms with Gasteiger partial charge < -0.3 is 11.1 Å². The maximum absolute atomic E-state index is 11.7. The van der Waals surface area contributed by atoms with Crippen molar-refractivity contribution in [3.05, 3.63) is 35.4 Å². The van der Waals surface area contributed by atoms with E-state index in [4.69, 9.17) is 5.73 Å². The zero-order valence-corrected chi connectivity index (χ0v) is 10.9. The van der Waals surface area contributed by atoms with E-state index < -0.39 is 0 Å². The molecule has 0 aliphatic heterocycles. The zero-order valence-electron chi connectivity index (χ0n) is 10.9. The summed E-state index contributed by atoms with van der Waals surface area (Å²) in [5.74, 6) is 0.0232. The minimum atomic E-state index is -0.0425. The topological polar surface area (TPSA) is 55.1 Å². The molecular formula is C14H22N2O. The first-order valence-electron chi connectivity index (χ1n) is 6.15. The van der Waals surface area contributed by atoms with Crippen molar-refractivity contribution in [2.24, 2.45) is 5.73 Å². The fourth-order valence-electron chi connectivity index (χ4n) is 1.83. The van der Waals surface area contributed by atoms with Gasteiger partial charge in [0, 0.05) is 12.5 Å². The summed E-state index contributed by atoms with van der Waals surface area (Å²) >= 11 is 0. The van der Waals surface area contributed by atoms with E-state index in [-0.39, 0.29) is 18.0 Å². The Kier molecular flexibility index (Phi) is 5.16. The van der Waals surface area contributed by atoms with Crippen molar-refractivity contribution in [1.82, 2.24) is 5.32 Å². The molecule has 0 saturated heterocycles. The molecule has 2 atom stereocenters. The van der Waals surface area contributed by atoms with Crippen LogP contribution in [0.5, 0.6) is 0 Å². The standard InChI is InChI=1S/C14H22N2O/c1-4-12(15)9-14(17)16-11(3)13-8-6-5-7-10(13)2/h5-8,11-12H,4,9,15H2,1-3H3,(H,16,17)/t11-,12?/m1/s1. The van der Waals surface area contributed by atoms with Gasteiger partial charge in [0.25, 0.3) is 0 Å². The first kappa shape index (κ1) is 13.7. The van der Waals surface area contributed by atoms with E-state index in [9.17, 15) is 4.79 Å². The van der Waals surface area contributed by atoms with Gasteiger partial charge in [-0.15, -0.1) is 0 Å². The van der Waals surface area contributed by atoms with Crippen LogP contribution in [0.3, 0.4) is 0 Å². The number of carbonyl (C=O) groups excluding carboxylic acids is 1. The molecule has 0 aromatic heterocycles. The molecule has 1 amide bonds. The fourth-order valence-corrected chi connectivity index (χ4v) is 1.83. The number of nitrogens with one attached hydrogen (secondary N) is 1. The summed E-state index contributed by atoms with van der Waals surface area (Å²) in [6, 6.07) is 8.07. The number of rotatable bonds is 5. The summed E-state index contributed by atoms with van der Waals surface area (Å²) in [4.78, 5) is 11.7. The van der Waals surface area contributed by atoms with Crippen molar-refractivity contribution in [3.63, 3.8) is 0 Å². The number of carbonyl (C=O) groups is 1. The van der Waals surface area contributed by atoms with Gasteiger partial charge in [0.2, 0.25) is 5.91 Å². The van der Waals surface area contributed by atoms with E-state index in [1.54, 1.807) is 0 Å². The van der Waals surface area contributed by atoms with Crippen LogP contribution in [0.2, 0.25) is 0 Å². The van der Waals surface area contributed by atoms with E-state index in [0.717, 1.165) is 12.0 Å². The molecule has 0 aliphatic carbocycles. The highest BCUT2D eigenvalue weighted by molar-refractivity contribution is 5.77. The van der Waals surface area contributed by atoms with Crippen LogP contribution in [0.25, 0.3) is 0 Å². The Morgan fingerprint density at radius 1 is 1.41 bits per heavy atom. The maximum Gasteiger partial charge on any atom is 0.222 e. The zero-order chi connectivity index (χ0) is 12.8. The Morgan fingerprint density at radius 2 is 2.06 bits per heavy atom. The molecule has 0 bridgehead atoms. The lowest BCUT2D eigenvalue weighted by atomic mass is 10.0. The Hall–Kier alpha value is -1.35. The lowest BCUT2D eigenvalue weighted by Gasteiger charge is -2.17. The van der Waals surface area contributed by atoms with Gasteiger partial charge >= 0.3 is 0 Å². The van der Waals surface area contributed by atoms with Crippen molar-refractivity contribution in [3.8, 4) is 0 Å². The van der Waals surface area contributed by atoms with E-state index in [1.807, 2.05) is 32.0 Å². The predicted octanol–water partition coefficient (Wildman–Crippen LogP) is 2.30. The van der Waals surface area contributed by atoms with Crippen molar-refractivity contribution >= 4 is 5.91 Å². The third-order valence-electron chi connectivity index (χ3n) is 3.00. The second-order valence-electron chi connectivity index (χ2n) is 4.52. The molecule has 3 N–H and O–H groups in total. The number of hydrogen-bond donors (Lipinski definition) is 2. The van der Waals surface area contributed by atoms with Crippen molar-refractivity contribution in [2.45, 2.75) is 45.7 Å². The predicted molar refractivity (Wildman–Crippen MR) is 70.6 cm³/mol. The maximum atomic E-state index is 11.7. The third-order valence-corrected chi connectivity index (χ3v) is 3.00. The number of benzene rings is 1. The number of amides is 1. The van der Waals surface area contributed by atoms with Crippen molar-refractivity contribution in [1.29, 1.82) is 0 Å². The van der Waals surface area contributed by atoms with Gasteiger partial charge in [-0.1, -0.05) is 31.2 Å². The second-order valence-corrected chi connectivity index (χ2v) is 4.52. The van der Waals surface area contributed by atoms with Gasteiger partial charge in [-0.2, -0.15) is 0 Å². The van der Waals surface area contributed by atoms with E-state index in [1.165, 1.54) is 5.56 Å². The monoisotopic (exact) mass is 234 g/mol. The van der Waals surface area contributed by atoms with Gasteiger partial charge in [0.1, 0.15) is 0 Å². The molecule has 3 heteroatoms. The van der Waals surface area contributed by atoms with Crippen LogP contribution in [0.1, 0.15) is 43.9 Å². The minimum absolute atomic E-state index is 0.0232. The summed E-state index contributed by atoms with van der Waals surface area (Å²) < 4.78 is 0. The molecule has 1 rings (SSSR count). The Labute approximate surface area is 103 Å². The molecule has 17 heavy (non-hydrogen) atoms. The normalized spacial score (nSPS) is 14.1. The number of hydrogen-bond acceptors (Lipinski definition) is 2. The molecule has 1 unspecified atom stereocenters. The van der Waals surface area contributed by atoms with Crippen LogP contribution in [0, 0.1) is 6.92 Å². The second kappa shape index (κ2) is 6.40. The average Bonchev–Trinajstić information content (AvgIpc) is 2.29. The molecule has 0 heterocycles. The van der Waals surface area contributed by atoms with Crippen LogP contribution in [-0.4, -0.2) is 11.9 Å². The summed E-state index contributed by atoms with van der Waals surface area (Å²) in [6.07, 6.45) is 1.22. The highest BCUT2D eigenvalue weighted by Gasteiger charge is 2.13. The van der Waals surface area contributed by atoms with Gasteiger partial charge in [-0.25, -0.2) is 0 Å². The number of aryl methyl sites for hydroxylation is 1. The van der Waals surface area contributed by atoms with Crippen LogP contribution in [-0.2, 0) is 4.79 Å². The Balaban J connectivity index is 2.58. The summed E-state index contributed by atoms with van der Waals surface area (Å²) in [6.45, 7) is 6.04. The minimum Gasteiger partial charge on any atom is -0.350 e. The lowest BCUT2D eigenvalue weighted by molar-refractivity contribution is -0.122. The highest BCUT2D eigenvalue weighted by Crippen LogP contribution is 2.16. The van der Waals surface area contributed by atoms with Gasteiger partial charge in [0.05, 0.1) is 6.04 Å². The van der Waals surface area contributed by atoms with Crippen molar-refractivity contribution in [2.75, 3.05) is 0 Å². The quantitative estimate of drug-likeness (QED) is 0.821. The molecule has 94 valence electrons. The molecule has 0 radical (unpaired) electrons. The van der Waals surface area contributed by atoms with Crippen molar-refractivity contribution < 1.29 is 4.79 Å². The smallest absolute Gasteiger partial charge is 0.222 e. The molecular weight excluding hydrogens is 212 g/mol. The SMILES string of the molecule is CCC(N)CC(=O)N[C@H](C)c1ccccc1C. The van der Waals surface area contributed by atoms with Crippen LogP contribution < -0.4 is 11.1 Å². The highest BCUT2D eigenvalue weighted by atomic mass is 16.1. The van der Waals surface area contributed by atoms with Gasteiger partial charge in [0.15, 0.2) is 0 Å². The third kappa shape index (κ3) is 4.19. The van der Waals surface area contributed by atoms with E-state index in [2.05, 4.69) is 18.3 Å². The van der Waals surface area contributed by atoms with E-state index >= 15 is 0 Å². The van der Waals surface area contributed by atoms with Crippen LogP contribution >= 0.6 is 0 Å². The largest absolute Gasteiger partial charge is 0.350 e. The summed E-state index contributed by atoms with van der Waals surface area (Å²) in [5, 5.41) is 2.98.